The van der Waals surface area contributed by atoms with E-state index in [-0.39, 0.29) is 0 Å². The predicted molar refractivity (Wildman–Crippen MR) is 112 cm³/mol. The van der Waals surface area contributed by atoms with Crippen LogP contribution in [0, 0.1) is 6.92 Å². The van der Waals surface area contributed by atoms with Crippen LogP contribution in [0.5, 0.6) is 0 Å². The van der Waals surface area contributed by atoms with Crippen LogP contribution in [-0.4, -0.2) is 27.2 Å². The normalized spacial score (nSPS) is 20.2. The highest BCUT2D eigenvalue weighted by Gasteiger charge is 2.54. The van der Waals surface area contributed by atoms with Crippen LogP contribution in [0.1, 0.15) is 79.1 Å². The molecule has 0 spiro atoms. The van der Waals surface area contributed by atoms with Crippen molar-refractivity contribution in [2.45, 2.75) is 115 Å². The maximum Gasteiger partial charge on any atom is 0.121 e. The summed E-state index contributed by atoms with van der Waals surface area (Å²) in [5.74, 6) is 0. The lowest BCUT2D eigenvalue weighted by Gasteiger charge is -2.46. The molecule has 0 N–H and O–H groups in total. The summed E-state index contributed by atoms with van der Waals surface area (Å²) in [6.07, 6.45) is 11.4. The minimum Gasteiger partial charge on any atom is -0.345 e. The molecule has 1 aliphatic rings. The minimum atomic E-state index is -1.21. The fraction of sp³-hybridized carbons (Fsp3) is 0.950. The van der Waals surface area contributed by atoms with Crippen molar-refractivity contribution < 1.29 is 0 Å². The second kappa shape index (κ2) is 11.1. The molecular formula is C20H44NSi2. The fourth-order valence-electron chi connectivity index (χ4n) is 5.03. The summed E-state index contributed by atoms with van der Waals surface area (Å²) in [7, 11) is -2.41. The molecule has 1 aliphatic heterocycles. The highest BCUT2D eigenvalue weighted by atomic mass is 28.4. The molecule has 1 nitrogen and oxygen atoms in total. The van der Waals surface area contributed by atoms with E-state index in [1.54, 1.807) is 36.3 Å². The van der Waals surface area contributed by atoms with Crippen molar-refractivity contribution in [1.82, 2.24) is 4.23 Å². The zero-order valence-electron chi connectivity index (χ0n) is 16.8. The summed E-state index contributed by atoms with van der Waals surface area (Å²) in [6, 6.07) is 9.56. The monoisotopic (exact) mass is 354 g/mol. The van der Waals surface area contributed by atoms with E-state index < -0.39 is 16.5 Å². The number of rotatable bonds is 13. The first kappa shape index (κ1) is 21.4. The molecular weight excluding hydrogens is 310 g/mol. The van der Waals surface area contributed by atoms with E-state index in [2.05, 4.69) is 38.8 Å². The largest absolute Gasteiger partial charge is 0.345 e. The molecule has 3 heteroatoms. The van der Waals surface area contributed by atoms with Crippen molar-refractivity contribution in [2.75, 3.05) is 6.54 Å². The summed E-state index contributed by atoms with van der Waals surface area (Å²) in [4.78, 5) is 0. The van der Waals surface area contributed by atoms with E-state index in [9.17, 15) is 0 Å². The van der Waals surface area contributed by atoms with Crippen molar-refractivity contribution in [3.05, 3.63) is 6.92 Å². The Kier molecular flexibility index (Phi) is 10.3. The maximum atomic E-state index is 4.49. The highest BCUT2D eigenvalue weighted by molar-refractivity contribution is 6.97. The third kappa shape index (κ3) is 5.44. The molecule has 137 valence electrons. The molecule has 23 heavy (non-hydrogen) atoms. The van der Waals surface area contributed by atoms with Gasteiger partial charge < -0.3 is 4.23 Å². The summed E-state index contributed by atoms with van der Waals surface area (Å²) in [5.41, 5.74) is 0. The van der Waals surface area contributed by atoms with Gasteiger partial charge in [-0.05, 0) is 49.7 Å². The average Bonchev–Trinajstić information content (AvgIpc) is 2.88. The third-order valence-corrected chi connectivity index (χ3v) is 20.0. The summed E-state index contributed by atoms with van der Waals surface area (Å²) < 4.78 is 3.20. The molecule has 0 saturated carbocycles. The van der Waals surface area contributed by atoms with Crippen LogP contribution in [0.2, 0.25) is 36.3 Å². The topological polar surface area (TPSA) is 3.24 Å². The first-order valence-corrected chi connectivity index (χ1v) is 15.9. The summed E-state index contributed by atoms with van der Waals surface area (Å²) >= 11 is 0. The first-order chi connectivity index (χ1) is 11.1. The number of nitrogens with zero attached hydrogens (tertiary/aromatic N) is 1. The average molecular weight is 355 g/mol. The molecule has 0 aromatic carbocycles. The molecule has 1 radical (unpaired) electrons. The molecule has 0 unspecified atom stereocenters. The number of unbranched alkanes of at least 4 members (excludes halogenated alkanes) is 4. The van der Waals surface area contributed by atoms with Crippen LogP contribution in [0.3, 0.4) is 0 Å². The SMILES string of the molecule is [CH2]CN1[Si](CCCC)(CCCC)CC[Si]1(CCCC)CCCC. The zero-order chi connectivity index (χ0) is 17.2. The Bertz CT molecular complexity index is 262. The standard InChI is InChI=1S/C20H44NSi2/c1-6-11-15-22(16-12-7-2)19-20-23(17-13-8-3,18-14-9-4)21(22)10-5/h5-20H2,1-4H3. The Hall–Kier alpha value is 0.394. The van der Waals surface area contributed by atoms with Gasteiger partial charge in [-0.3, -0.25) is 0 Å². The molecule has 0 amide bonds. The Morgan fingerprint density at radius 3 is 1.17 bits per heavy atom. The molecule has 0 atom stereocenters. The molecule has 0 aliphatic carbocycles. The predicted octanol–water partition coefficient (Wildman–Crippen LogP) is 7.23. The van der Waals surface area contributed by atoms with Crippen molar-refractivity contribution in [1.29, 1.82) is 0 Å². The van der Waals surface area contributed by atoms with E-state index >= 15 is 0 Å². The second-order valence-corrected chi connectivity index (χ2v) is 17.4. The van der Waals surface area contributed by atoms with Crippen LogP contribution in [-0.2, 0) is 0 Å². The van der Waals surface area contributed by atoms with E-state index in [4.69, 9.17) is 0 Å². The lowest BCUT2D eigenvalue weighted by atomic mass is 10.4. The smallest absolute Gasteiger partial charge is 0.121 e. The van der Waals surface area contributed by atoms with E-state index in [1.165, 1.54) is 51.4 Å². The van der Waals surface area contributed by atoms with E-state index in [0.717, 1.165) is 6.54 Å². The highest BCUT2D eigenvalue weighted by Crippen LogP contribution is 2.47. The van der Waals surface area contributed by atoms with E-state index in [1.807, 2.05) is 0 Å². The van der Waals surface area contributed by atoms with Crippen molar-refractivity contribution >= 4 is 16.5 Å². The van der Waals surface area contributed by atoms with Crippen molar-refractivity contribution in [3.8, 4) is 0 Å². The van der Waals surface area contributed by atoms with Crippen LogP contribution in [0.15, 0.2) is 0 Å². The van der Waals surface area contributed by atoms with Gasteiger partial charge in [-0.15, -0.1) is 0 Å². The van der Waals surface area contributed by atoms with Gasteiger partial charge >= 0.3 is 0 Å². The van der Waals surface area contributed by atoms with Gasteiger partial charge in [0.2, 0.25) is 0 Å². The van der Waals surface area contributed by atoms with Crippen molar-refractivity contribution in [2.24, 2.45) is 0 Å². The Labute approximate surface area is 149 Å². The third-order valence-electron chi connectivity index (χ3n) is 6.41. The van der Waals surface area contributed by atoms with Gasteiger partial charge in [-0.2, -0.15) is 0 Å². The molecule has 1 heterocycles. The fourth-order valence-corrected chi connectivity index (χ4v) is 22.9. The van der Waals surface area contributed by atoms with Crippen molar-refractivity contribution in [3.63, 3.8) is 0 Å². The van der Waals surface area contributed by atoms with Gasteiger partial charge in [0.15, 0.2) is 0 Å². The van der Waals surface area contributed by atoms with Crippen LogP contribution in [0.4, 0.5) is 0 Å². The maximum absolute atomic E-state index is 4.49. The number of hydrogen-bond acceptors (Lipinski definition) is 1. The molecule has 1 fully saturated rings. The lowest BCUT2D eigenvalue weighted by Crippen LogP contribution is -2.60. The molecule has 0 aromatic heterocycles. The van der Waals surface area contributed by atoms with Gasteiger partial charge in [-0.1, -0.05) is 79.1 Å². The minimum absolute atomic E-state index is 1.14. The first-order valence-electron chi connectivity index (χ1n) is 10.7. The number of hydrogen-bond donors (Lipinski definition) is 0. The molecule has 1 rings (SSSR count). The van der Waals surface area contributed by atoms with Crippen LogP contribution in [0.25, 0.3) is 0 Å². The van der Waals surface area contributed by atoms with Gasteiger partial charge in [0.1, 0.15) is 16.5 Å². The summed E-state index contributed by atoms with van der Waals surface area (Å²) in [5, 5.41) is 0. The van der Waals surface area contributed by atoms with Crippen LogP contribution >= 0.6 is 0 Å². The van der Waals surface area contributed by atoms with Gasteiger partial charge in [0, 0.05) is 0 Å². The lowest BCUT2D eigenvalue weighted by molar-refractivity contribution is 0.626. The molecule has 0 aromatic rings. The van der Waals surface area contributed by atoms with Gasteiger partial charge in [-0.25, -0.2) is 0 Å². The van der Waals surface area contributed by atoms with Crippen LogP contribution < -0.4 is 0 Å². The Morgan fingerprint density at radius 1 is 0.652 bits per heavy atom. The Balaban J connectivity index is 3.01. The zero-order valence-corrected chi connectivity index (χ0v) is 18.8. The Morgan fingerprint density at radius 2 is 0.957 bits per heavy atom. The van der Waals surface area contributed by atoms with Gasteiger partial charge in [0.25, 0.3) is 0 Å². The second-order valence-electron chi connectivity index (χ2n) is 8.01. The molecule has 0 bridgehead atoms. The molecule has 1 saturated heterocycles. The quantitative estimate of drug-likeness (QED) is 0.315. The summed E-state index contributed by atoms with van der Waals surface area (Å²) in [6.45, 7) is 15.1. The van der Waals surface area contributed by atoms with E-state index in [0.29, 0.717) is 0 Å². The van der Waals surface area contributed by atoms with Gasteiger partial charge in [0.05, 0.1) is 0 Å².